The standard InChI is InChI=1S/C20H19NO3S/c1-13(2)14-3-5-15(6-4-14)18-12-25-19(21-18)11-24-17-9-7-16(8-10-17)20(22)23/h3-10,12-13H,11H2,1-2H3,(H,22,23). The zero-order valence-corrected chi connectivity index (χ0v) is 14.9. The van der Waals surface area contributed by atoms with Crippen molar-refractivity contribution in [2.45, 2.75) is 26.4 Å². The summed E-state index contributed by atoms with van der Waals surface area (Å²) in [4.78, 5) is 15.5. The maximum absolute atomic E-state index is 10.8. The van der Waals surface area contributed by atoms with Crippen molar-refractivity contribution in [1.29, 1.82) is 0 Å². The van der Waals surface area contributed by atoms with Crippen molar-refractivity contribution in [3.8, 4) is 17.0 Å². The molecule has 2 aromatic carbocycles. The molecule has 3 aromatic rings. The second-order valence-electron chi connectivity index (χ2n) is 6.02. The van der Waals surface area contributed by atoms with Crippen LogP contribution in [0, 0.1) is 0 Å². The quantitative estimate of drug-likeness (QED) is 0.661. The van der Waals surface area contributed by atoms with Gasteiger partial charge < -0.3 is 9.84 Å². The van der Waals surface area contributed by atoms with E-state index >= 15 is 0 Å². The Morgan fingerprint density at radius 2 is 1.80 bits per heavy atom. The highest BCUT2D eigenvalue weighted by Gasteiger charge is 2.07. The van der Waals surface area contributed by atoms with Gasteiger partial charge in [-0.05, 0) is 35.7 Å². The molecule has 0 atom stereocenters. The average molecular weight is 353 g/mol. The fourth-order valence-corrected chi connectivity index (χ4v) is 3.10. The van der Waals surface area contributed by atoms with Crippen LogP contribution in [-0.2, 0) is 6.61 Å². The monoisotopic (exact) mass is 353 g/mol. The van der Waals surface area contributed by atoms with Gasteiger partial charge in [-0.2, -0.15) is 0 Å². The maximum Gasteiger partial charge on any atom is 0.335 e. The van der Waals surface area contributed by atoms with Crippen LogP contribution in [-0.4, -0.2) is 16.1 Å². The van der Waals surface area contributed by atoms with E-state index in [0.29, 0.717) is 18.3 Å². The van der Waals surface area contributed by atoms with E-state index in [2.05, 4.69) is 43.1 Å². The second kappa shape index (κ2) is 7.49. The van der Waals surface area contributed by atoms with Crippen LogP contribution in [0.25, 0.3) is 11.3 Å². The molecule has 1 heterocycles. The highest BCUT2D eigenvalue weighted by atomic mass is 32.1. The van der Waals surface area contributed by atoms with E-state index in [0.717, 1.165) is 16.3 Å². The van der Waals surface area contributed by atoms with Gasteiger partial charge in [0.2, 0.25) is 0 Å². The summed E-state index contributed by atoms with van der Waals surface area (Å²) in [5.41, 5.74) is 3.60. The van der Waals surface area contributed by atoms with Crippen LogP contribution in [0.15, 0.2) is 53.9 Å². The molecule has 0 fully saturated rings. The van der Waals surface area contributed by atoms with Crippen molar-refractivity contribution in [3.63, 3.8) is 0 Å². The number of rotatable bonds is 6. The van der Waals surface area contributed by atoms with E-state index in [1.807, 2.05) is 5.38 Å². The smallest absolute Gasteiger partial charge is 0.335 e. The summed E-state index contributed by atoms with van der Waals surface area (Å²) < 4.78 is 5.68. The molecule has 1 N–H and O–H groups in total. The van der Waals surface area contributed by atoms with Gasteiger partial charge in [-0.25, -0.2) is 9.78 Å². The molecule has 0 unspecified atom stereocenters. The molecule has 0 aliphatic carbocycles. The van der Waals surface area contributed by atoms with Crippen LogP contribution in [0.1, 0.15) is 40.7 Å². The maximum atomic E-state index is 10.8. The number of hydrogen-bond acceptors (Lipinski definition) is 4. The van der Waals surface area contributed by atoms with Crippen LogP contribution >= 0.6 is 11.3 Å². The normalized spacial score (nSPS) is 10.8. The first-order valence-corrected chi connectivity index (χ1v) is 8.92. The molecule has 0 aliphatic rings. The van der Waals surface area contributed by atoms with Crippen LogP contribution < -0.4 is 4.74 Å². The number of carbonyl (C=O) groups is 1. The Labute approximate surface area is 150 Å². The van der Waals surface area contributed by atoms with Crippen LogP contribution in [0.3, 0.4) is 0 Å². The number of aromatic nitrogens is 1. The van der Waals surface area contributed by atoms with Gasteiger partial charge in [-0.3, -0.25) is 0 Å². The minimum absolute atomic E-state index is 0.244. The number of carboxylic acid groups (broad SMARTS) is 1. The predicted molar refractivity (Wildman–Crippen MR) is 99.4 cm³/mol. The molecule has 1 aromatic heterocycles. The van der Waals surface area contributed by atoms with E-state index in [-0.39, 0.29) is 5.56 Å². The molecule has 0 spiro atoms. The van der Waals surface area contributed by atoms with Crippen molar-refractivity contribution in [2.75, 3.05) is 0 Å². The van der Waals surface area contributed by atoms with Gasteiger partial charge in [0.1, 0.15) is 17.4 Å². The largest absolute Gasteiger partial charge is 0.486 e. The Kier molecular flexibility index (Phi) is 5.14. The topological polar surface area (TPSA) is 59.4 Å². The van der Waals surface area contributed by atoms with Gasteiger partial charge in [0, 0.05) is 10.9 Å². The molecule has 0 aliphatic heterocycles. The zero-order chi connectivity index (χ0) is 17.8. The minimum Gasteiger partial charge on any atom is -0.486 e. The van der Waals surface area contributed by atoms with Crippen molar-refractivity contribution in [3.05, 3.63) is 70.0 Å². The van der Waals surface area contributed by atoms with Gasteiger partial charge in [-0.15, -0.1) is 11.3 Å². The number of nitrogens with zero attached hydrogens (tertiary/aromatic N) is 1. The Hall–Kier alpha value is -2.66. The highest BCUT2D eigenvalue weighted by Crippen LogP contribution is 2.25. The zero-order valence-electron chi connectivity index (χ0n) is 14.1. The summed E-state index contributed by atoms with van der Waals surface area (Å²) in [6.07, 6.45) is 0. The second-order valence-corrected chi connectivity index (χ2v) is 6.96. The number of carboxylic acids is 1. The van der Waals surface area contributed by atoms with E-state index in [4.69, 9.17) is 9.84 Å². The average Bonchev–Trinajstić information content (AvgIpc) is 3.09. The fourth-order valence-electron chi connectivity index (χ4n) is 2.39. The van der Waals surface area contributed by atoms with Gasteiger partial charge in [0.05, 0.1) is 11.3 Å². The molecular weight excluding hydrogens is 334 g/mol. The van der Waals surface area contributed by atoms with Crippen molar-refractivity contribution >= 4 is 17.3 Å². The molecule has 0 bridgehead atoms. The summed E-state index contributed by atoms with van der Waals surface area (Å²) in [7, 11) is 0. The van der Waals surface area contributed by atoms with Gasteiger partial charge >= 0.3 is 5.97 Å². The molecule has 128 valence electrons. The van der Waals surface area contributed by atoms with Crippen LogP contribution in [0.2, 0.25) is 0 Å². The van der Waals surface area contributed by atoms with E-state index in [1.165, 1.54) is 17.7 Å². The van der Waals surface area contributed by atoms with Crippen LogP contribution in [0.5, 0.6) is 5.75 Å². The first-order valence-electron chi connectivity index (χ1n) is 8.04. The first kappa shape index (κ1) is 17.2. The molecule has 0 saturated carbocycles. The Bertz CT molecular complexity index is 851. The lowest BCUT2D eigenvalue weighted by atomic mass is 10.0. The molecular formula is C20H19NO3S. The van der Waals surface area contributed by atoms with Gasteiger partial charge in [0.15, 0.2) is 0 Å². The number of benzene rings is 2. The number of aromatic carboxylic acids is 1. The predicted octanol–water partition coefficient (Wildman–Crippen LogP) is 5.21. The van der Waals surface area contributed by atoms with Crippen molar-refractivity contribution < 1.29 is 14.6 Å². The Balaban J connectivity index is 1.64. The molecule has 5 heteroatoms. The SMILES string of the molecule is CC(C)c1ccc(-c2csc(COc3ccc(C(=O)O)cc3)n2)cc1. The fraction of sp³-hybridized carbons (Fsp3) is 0.200. The van der Waals surface area contributed by atoms with E-state index < -0.39 is 5.97 Å². The molecule has 0 saturated heterocycles. The number of ether oxygens (including phenoxy) is 1. The van der Waals surface area contributed by atoms with E-state index in [1.54, 1.807) is 23.5 Å². The lowest BCUT2D eigenvalue weighted by Gasteiger charge is -2.05. The molecule has 4 nitrogen and oxygen atoms in total. The molecule has 0 amide bonds. The first-order chi connectivity index (χ1) is 12.0. The van der Waals surface area contributed by atoms with Crippen molar-refractivity contribution in [1.82, 2.24) is 4.98 Å². The summed E-state index contributed by atoms with van der Waals surface area (Å²) >= 11 is 1.55. The molecule has 0 radical (unpaired) electrons. The summed E-state index contributed by atoms with van der Waals surface area (Å²) in [5, 5.41) is 11.8. The lowest BCUT2D eigenvalue weighted by molar-refractivity contribution is 0.0697. The third-order valence-corrected chi connectivity index (χ3v) is 4.71. The summed E-state index contributed by atoms with van der Waals surface area (Å²) in [6, 6.07) is 14.8. The highest BCUT2D eigenvalue weighted by molar-refractivity contribution is 7.09. The van der Waals surface area contributed by atoms with Crippen LogP contribution in [0.4, 0.5) is 0 Å². The number of hydrogen-bond donors (Lipinski definition) is 1. The lowest BCUT2D eigenvalue weighted by Crippen LogP contribution is -1.98. The third-order valence-electron chi connectivity index (χ3n) is 3.89. The Morgan fingerprint density at radius 1 is 1.12 bits per heavy atom. The van der Waals surface area contributed by atoms with Crippen molar-refractivity contribution in [2.24, 2.45) is 0 Å². The molecule has 3 rings (SSSR count). The van der Waals surface area contributed by atoms with Gasteiger partial charge in [-0.1, -0.05) is 38.1 Å². The Morgan fingerprint density at radius 3 is 2.40 bits per heavy atom. The number of thiazole rings is 1. The summed E-state index contributed by atoms with van der Waals surface area (Å²) in [6.45, 7) is 4.72. The molecule has 25 heavy (non-hydrogen) atoms. The van der Waals surface area contributed by atoms with Gasteiger partial charge in [0.25, 0.3) is 0 Å². The third kappa shape index (κ3) is 4.25. The van der Waals surface area contributed by atoms with E-state index in [9.17, 15) is 4.79 Å². The minimum atomic E-state index is -0.945. The summed E-state index contributed by atoms with van der Waals surface area (Å²) in [5.74, 6) is 0.198.